The van der Waals surface area contributed by atoms with E-state index in [9.17, 15) is 8.78 Å². The Kier molecular flexibility index (Phi) is 4.55. The van der Waals surface area contributed by atoms with Crippen LogP contribution in [0, 0.1) is 5.92 Å². The lowest BCUT2D eigenvalue weighted by Gasteiger charge is -2.34. The zero-order valence-corrected chi connectivity index (χ0v) is 12.8. The van der Waals surface area contributed by atoms with Crippen molar-refractivity contribution in [1.82, 2.24) is 20.3 Å². The Morgan fingerprint density at radius 2 is 2.11 bits per heavy atom. The minimum atomic E-state index is -2.49. The van der Waals surface area contributed by atoms with Gasteiger partial charge in [-0.15, -0.1) is 5.10 Å². The molecular formula is C12H19BrF2N4. The van der Waals surface area contributed by atoms with E-state index >= 15 is 0 Å². The van der Waals surface area contributed by atoms with Crippen molar-refractivity contribution in [3.63, 3.8) is 0 Å². The van der Waals surface area contributed by atoms with Gasteiger partial charge >= 0.3 is 0 Å². The highest BCUT2D eigenvalue weighted by atomic mass is 79.9. The van der Waals surface area contributed by atoms with Crippen LogP contribution in [0.4, 0.5) is 8.78 Å². The van der Waals surface area contributed by atoms with Crippen LogP contribution < -0.4 is 5.32 Å². The molecular weight excluding hydrogens is 318 g/mol. The van der Waals surface area contributed by atoms with Crippen molar-refractivity contribution in [3.8, 4) is 0 Å². The Labute approximate surface area is 120 Å². The van der Waals surface area contributed by atoms with E-state index < -0.39 is 5.92 Å². The Hall–Kier alpha value is -0.560. The second-order valence-corrected chi connectivity index (χ2v) is 5.87. The van der Waals surface area contributed by atoms with Crippen LogP contribution in [-0.2, 0) is 7.05 Å². The predicted molar refractivity (Wildman–Crippen MR) is 72.0 cm³/mol. The first-order valence-electron chi connectivity index (χ1n) is 6.61. The van der Waals surface area contributed by atoms with Crippen molar-refractivity contribution in [3.05, 3.63) is 10.3 Å². The third-order valence-corrected chi connectivity index (χ3v) is 4.34. The van der Waals surface area contributed by atoms with Crippen molar-refractivity contribution >= 4 is 15.9 Å². The van der Waals surface area contributed by atoms with Crippen LogP contribution in [0.5, 0.6) is 0 Å². The van der Waals surface area contributed by atoms with Gasteiger partial charge < -0.3 is 5.32 Å². The van der Waals surface area contributed by atoms with E-state index in [0.29, 0.717) is 17.4 Å². The minimum Gasteiger partial charge on any atom is -0.309 e. The van der Waals surface area contributed by atoms with Gasteiger partial charge in [-0.2, -0.15) is 0 Å². The van der Waals surface area contributed by atoms with E-state index in [2.05, 4.69) is 31.6 Å². The molecule has 0 saturated heterocycles. The van der Waals surface area contributed by atoms with Crippen molar-refractivity contribution in [2.45, 2.75) is 44.6 Å². The Morgan fingerprint density at radius 1 is 1.47 bits per heavy atom. The summed E-state index contributed by atoms with van der Waals surface area (Å²) in [5, 5.41) is 11.3. The molecule has 1 aromatic rings. The van der Waals surface area contributed by atoms with Crippen molar-refractivity contribution in [2.75, 3.05) is 6.54 Å². The Balaban J connectivity index is 2.17. The SMILES string of the molecule is CCNC(c1c(Br)nnn1C)C1CCC(F)(F)CC1. The number of rotatable bonds is 4. The first-order chi connectivity index (χ1) is 8.94. The first kappa shape index (κ1) is 14.8. The lowest BCUT2D eigenvalue weighted by molar-refractivity contribution is -0.0500. The van der Waals surface area contributed by atoms with Gasteiger partial charge in [0.25, 0.3) is 0 Å². The maximum atomic E-state index is 13.3. The molecule has 0 aliphatic heterocycles. The van der Waals surface area contributed by atoms with E-state index in [1.807, 2.05) is 14.0 Å². The number of aromatic nitrogens is 3. The summed E-state index contributed by atoms with van der Waals surface area (Å²) >= 11 is 3.39. The predicted octanol–water partition coefficient (Wildman–Crippen LogP) is 3.05. The number of aryl methyl sites for hydroxylation is 1. The molecule has 0 aromatic carbocycles. The zero-order valence-electron chi connectivity index (χ0n) is 11.2. The number of halogens is 3. The molecule has 1 aromatic heterocycles. The highest BCUT2D eigenvalue weighted by molar-refractivity contribution is 9.10. The van der Waals surface area contributed by atoms with Crippen LogP contribution in [0.3, 0.4) is 0 Å². The standard InChI is InChI=1S/C12H19BrF2N4/c1-3-16-9(10-11(13)17-18-19(10)2)8-4-6-12(14,15)7-5-8/h8-9,16H,3-7H2,1-2H3. The highest BCUT2D eigenvalue weighted by Crippen LogP contribution is 2.42. The molecule has 1 heterocycles. The Bertz CT molecular complexity index is 406. The van der Waals surface area contributed by atoms with Gasteiger partial charge in [-0.3, -0.25) is 0 Å². The van der Waals surface area contributed by atoms with E-state index in [1.54, 1.807) is 4.68 Å². The van der Waals surface area contributed by atoms with Crippen LogP contribution in [0.1, 0.15) is 44.3 Å². The summed E-state index contributed by atoms with van der Waals surface area (Å²) in [5.41, 5.74) is 0.942. The fourth-order valence-corrected chi connectivity index (χ4v) is 3.35. The summed E-state index contributed by atoms with van der Waals surface area (Å²) in [6, 6.07) is 0.0236. The maximum absolute atomic E-state index is 13.3. The van der Waals surface area contributed by atoms with Crippen LogP contribution in [0.25, 0.3) is 0 Å². The molecule has 19 heavy (non-hydrogen) atoms. The highest BCUT2D eigenvalue weighted by Gasteiger charge is 2.39. The van der Waals surface area contributed by atoms with Crippen molar-refractivity contribution in [1.29, 1.82) is 0 Å². The molecule has 4 nitrogen and oxygen atoms in total. The van der Waals surface area contributed by atoms with Crippen LogP contribution >= 0.6 is 15.9 Å². The quantitative estimate of drug-likeness (QED) is 0.918. The molecule has 0 radical (unpaired) electrons. The van der Waals surface area contributed by atoms with Gasteiger partial charge in [-0.05, 0) is 41.2 Å². The monoisotopic (exact) mass is 336 g/mol. The lowest BCUT2D eigenvalue weighted by atomic mass is 9.81. The normalized spacial score (nSPS) is 21.5. The molecule has 0 spiro atoms. The topological polar surface area (TPSA) is 42.7 Å². The van der Waals surface area contributed by atoms with Gasteiger partial charge in [0.15, 0.2) is 4.60 Å². The first-order valence-corrected chi connectivity index (χ1v) is 7.40. The molecule has 1 aliphatic carbocycles. The number of nitrogens with zero attached hydrogens (tertiary/aromatic N) is 3. The van der Waals surface area contributed by atoms with E-state index in [1.165, 1.54) is 0 Å². The van der Waals surface area contributed by atoms with Gasteiger partial charge in [-0.25, -0.2) is 13.5 Å². The van der Waals surface area contributed by atoms with Gasteiger partial charge in [0, 0.05) is 19.9 Å². The van der Waals surface area contributed by atoms with E-state index in [-0.39, 0.29) is 24.8 Å². The molecule has 108 valence electrons. The molecule has 0 bridgehead atoms. The second kappa shape index (κ2) is 5.83. The smallest absolute Gasteiger partial charge is 0.248 e. The van der Waals surface area contributed by atoms with Crippen molar-refractivity contribution in [2.24, 2.45) is 13.0 Å². The summed E-state index contributed by atoms with van der Waals surface area (Å²) in [4.78, 5) is 0. The van der Waals surface area contributed by atoms with E-state index in [0.717, 1.165) is 12.2 Å². The minimum absolute atomic E-state index is 0.0236. The summed E-state index contributed by atoms with van der Waals surface area (Å²) in [5.74, 6) is -2.29. The molecule has 2 rings (SSSR count). The van der Waals surface area contributed by atoms with Gasteiger partial charge in [0.2, 0.25) is 5.92 Å². The summed E-state index contributed by atoms with van der Waals surface area (Å²) in [6.45, 7) is 2.80. The fraction of sp³-hybridized carbons (Fsp3) is 0.833. The zero-order chi connectivity index (χ0) is 14.0. The van der Waals surface area contributed by atoms with Gasteiger partial charge in [-0.1, -0.05) is 12.1 Å². The number of nitrogens with one attached hydrogen (secondary N) is 1. The van der Waals surface area contributed by atoms with E-state index in [4.69, 9.17) is 0 Å². The summed E-state index contributed by atoms with van der Waals surface area (Å²) in [6.07, 6.45) is 1.01. The lowest BCUT2D eigenvalue weighted by Crippen LogP contribution is -2.35. The number of alkyl halides is 2. The third-order valence-electron chi connectivity index (χ3n) is 3.78. The largest absolute Gasteiger partial charge is 0.309 e. The second-order valence-electron chi connectivity index (χ2n) is 5.12. The molecule has 1 atom stereocenters. The van der Waals surface area contributed by atoms with Crippen LogP contribution in [0.2, 0.25) is 0 Å². The van der Waals surface area contributed by atoms with Gasteiger partial charge in [0.1, 0.15) is 0 Å². The summed E-state index contributed by atoms with van der Waals surface area (Å²) in [7, 11) is 1.83. The van der Waals surface area contributed by atoms with Crippen LogP contribution in [-0.4, -0.2) is 27.5 Å². The molecule has 1 aliphatic rings. The Morgan fingerprint density at radius 3 is 2.58 bits per heavy atom. The van der Waals surface area contributed by atoms with Crippen molar-refractivity contribution < 1.29 is 8.78 Å². The average molecular weight is 337 g/mol. The fourth-order valence-electron chi connectivity index (χ4n) is 2.77. The molecule has 1 N–H and O–H groups in total. The third kappa shape index (κ3) is 3.31. The maximum Gasteiger partial charge on any atom is 0.248 e. The van der Waals surface area contributed by atoms with Gasteiger partial charge in [0.05, 0.1) is 11.7 Å². The van der Waals surface area contributed by atoms with Crippen LogP contribution in [0.15, 0.2) is 4.60 Å². The molecule has 0 amide bonds. The average Bonchev–Trinajstić information content (AvgIpc) is 2.67. The summed E-state index contributed by atoms with van der Waals surface area (Å²) < 4.78 is 28.9. The molecule has 1 unspecified atom stereocenters. The number of hydrogen-bond acceptors (Lipinski definition) is 3. The molecule has 1 saturated carbocycles. The number of hydrogen-bond donors (Lipinski definition) is 1. The molecule has 7 heteroatoms. The molecule has 1 fully saturated rings.